The van der Waals surface area contributed by atoms with Crippen LogP contribution >= 0.6 is 11.8 Å². The fourth-order valence-electron chi connectivity index (χ4n) is 2.46. The summed E-state index contributed by atoms with van der Waals surface area (Å²) in [5.41, 5.74) is 4.86. The second-order valence-corrected chi connectivity index (χ2v) is 7.36. The number of pyridine rings is 1. The average molecular weight is 435 g/mol. The van der Waals surface area contributed by atoms with Gasteiger partial charge in [-0.15, -0.1) is 11.8 Å². The van der Waals surface area contributed by atoms with Gasteiger partial charge < -0.3 is 10.1 Å². The standard InChI is InChI=1S/C23H22N4O3S/c28-22(26-19-6-2-1-3-7-19)16-31-17-23(29)27-25-14-18-9-11-21(12-10-18)30-15-20-8-4-5-13-24-20/h1-14H,15-17H2,(H,26,28)(H,27,29). The summed E-state index contributed by atoms with van der Waals surface area (Å²) in [6, 6.07) is 22.2. The van der Waals surface area contributed by atoms with Gasteiger partial charge in [-0.2, -0.15) is 5.10 Å². The fourth-order valence-corrected chi connectivity index (χ4v) is 3.07. The van der Waals surface area contributed by atoms with Crippen LogP contribution in [-0.4, -0.2) is 34.5 Å². The lowest BCUT2D eigenvalue weighted by molar-refractivity contribution is -0.118. The molecule has 0 aliphatic rings. The van der Waals surface area contributed by atoms with Crippen molar-refractivity contribution >= 4 is 35.5 Å². The molecule has 0 spiro atoms. The van der Waals surface area contributed by atoms with E-state index in [4.69, 9.17) is 4.74 Å². The normalized spacial score (nSPS) is 10.6. The number of thioether (sulfide) groups is 1. The molecule has 0 atom stereocenters. The van der Waals surface area contributed by atoms with Gasteiger partial charge >= 0.3 is 0 Å². The maximum absolute atomic E-state index is 11.8. The molecule has 0 unspecified atom stereocenters. The molecule has 0 saturated heterocycles. The maximum atomic E-state index is 11.8. The minimum Gasteiger partial charge on any atom is -0.487 e. The van der Waals surface area contributed by atoms with Crippen molar-refractivity contribution in [3.8, 4) is 5.75 Å². The number of rotatable bonds is 10. The quantitative estimate of drug-likeness (QED) is 0.376. The Morgan fingerprint density at radius 3 is 2.42 bits per heavy atom. The number of carbonyl (C=O) groups is 2. The zero-order chi connectivity index (χ0) is 21.7. The van der Waals surface area contributed by atoms with Crippen molar-refractivity contribution in [2.24, 2.45) is 5.10 Å². The number of hydrazone groups is 1. The van der Waals surface area contributed by atoms with Crippen molar-refractivity contribution in [3.05, 3.63) is 90.3 Å². The molecule has 0 bridgehead atoms. The lowest BCUT2D eigenvalue weighted by atomic mass is 10.2. The Morgan fingerprint density at radius 2 is 1.68 bits per heavy atom. The van der Waals surface area contributed by atoms with E-state index < -0.39 is 0 Å². The Bertz CT molecular complexity index is 996. The topological polar surface area (TPSA) is 92.7 Å². The molecule has 0 saturated carbocycles. The Morgan fingerprint density at radius 1 is 0.935 bits per heavy atom. The summed E-state index contributed by atoms with van der Waals surface area (Å²) in [5.74, 6) is 0.616. The lowest BCUT2D eigenvalue weighted by Gasteiger charge is -2.05. The zero-order valence-corrected chi connectivity index (χ0v) is 17.5. The number of hydrogen-bond acceptors (Lipinski definition) is 6. The van der Waals surface area contributed by atoms with Crippen LogP contribution < -0.4 is 15.5 Å². The predicted molar refractivity (Wildman–Crippen MR) is 123 cm³/mol. The van der Waals surface area contributed by atoms with E-state index in [1.165, 1.54) is 11.8 Å². The van der Waals surface area contributed by atoms with Crippen LogP contribution in [0.2, 0.25) is 0 Å². The highest BCUT2D eigenvalue weighted by Gasteiger charge is 2.05. The van der Waals surface area contributed by atoms with E-state index in [2.05, 4.69) is 20.8 Å². The zero-order valence-electron chi connectivity index (χ0n) is 16.7. The largest absolute Gasteiger partial charge is 0.487 e. The highest BCUT2D eigenvalue weighted by Crippen LogP contribution is 2.13. The van der Waals surface area contributed by atoms with Gasteiger partial charge in [0, 0.05) is 11.9 Å². The van der Waals surface area contributed by atoms with Crippen molar-refractivity contribution in [2.45, 2.75) is 6.61 Å². The number of nitrogens with one attached hydrogen (secondary N) is 2. The van der Waals surface area contributed by atoms with Gasteiger partial charge in [-0.05, 0) is 54.1 Å². The monoisotopic (exact) mass is 434 g/mol. The minimum absolute atomic E-state index is 0.139. The number of benzene rings is 2. The van der Waals surface area contributed by atoms with Crippen LogP contribution in [-0.2, 0) is 16.2 Å². The Labute approximate surface area is 184 Å². The van der Waals surface area contributed by atoms with E-state index in [9.17, 15) is 9.59 Å². The summed E-state index contributed by atoms with van der Waals surface area (Å²) in [4.78, 5) is 27.9. The maximum Gasteiger partial charge on any atom is 0.250 e. The number of nitrogens with zero attached hydrogens (tertiary/aromatic N) is 2. The summed E-state index contributed by atoms with van der Waals surface area (Å²) >= 11 is 1.22. The van der Waals surface area contributed by atoms with E-state index in [0.29, 0.717) is 6.61 Å². The van der Waals surface area contributed by atoms with Crippen LogP contribution in [0.15, 0.2) is 84.1 Å². The molecule has 1 heterocycles. The van der Waals surface area contributed by atoms with Gasteiger partial charge in [-0.3, -0.25) is 14.6 Å². The first-order chi connectivity index (χ1) is 15.2. The summed E-state index contributed by atoms with van der Waals surface area (Å²) in [6.45, 7) is 0.394. The fraction of sp³-hybridized carbons (Fsp3) is 0.130. The Kier molecular flexibility index (Phi) is 8.63. The third-order valence-electron chi connectivity index (χ3n) is 3.92. The first-order valence-corrected chi connectivity index (χ1v) is 10.7. The smallest absolute Gasteiger partial charge is 0.250 e. The third-order valence-corrected chi connectivity index (χ3v) is 4.85. The third kappa shape index (κ3) is 8.31. The van der Waals surface area contributed by atoms with E-state index in [0.717, 1.165) is 22.7 Å². The molecule has 0 fully saturated rings. The molecule has 0 aliphatic carbocycles. The number of ether oxygens (including phenoxy) is 1. The number of para-hydroxylation sites is 1. The van der Waals surface area contributed by atoms with Gasteiger partial charge in [0.15, 0.2) is 0 Å². The minimum atomic E-state index is -0.274. The van der Waals surface area contributed by atoms with Crippen molar-refractivity contribution in [1.82, 2.24) is 10.4 Å². The second-order valence-electron chi connectivity index (χ2n) is 6.38. The van der Waals surface area contributed by atoms with Crippen molar-refractivity contribution in [1.29, 1.82) is 0 Å². The van der Waals surface area contributed by atoms with Crippen molar-refractivity contribution in [2.75, 3.05) is 16.8 Å². The summed E-state index contributed by atoms with van der Waals surface area (Å²) in [7, 11) is 0. The highest BCUT2D eigenvalue weighted by atomic mass is 32.2. The van der Waals surface area contributed by atoms with Crippen LogP contribution in [0, 0.1) is 0 Å². The summed E-state index contributed by atoms with van der Waals surface area (Å²) in [5, 5.41) is 6.71. The molecule has 158 valence electrons. The number of carbonyl (C=O) groups excluding carboxylic acids is 2. The van der Waals surface area contributed by atoms with Gasteiger partial charge in [0.25, 0.3) is 0 Å². The van der Waals surface area contributed by atoms with Crippen LogP contribution in [0.1, 0.15) is 11.3 Å². The first kappa shape index (κ1) is 22.0. The number of hydrogen-bond donors (Lipinski definition) is 2. The molecular formula is C23H22N4O3S. The van der Waals surface area contributed by atoms with Gasteiger partial charge in [0.2, 0.25) is 11.8 Å². The van der Waals surface area contributed by atoms with Gasteiger partial charge in [-0.1, -0.05) is 24.3 Å². The molecule has 3 rings (SSSR count). The van der Waals surface area contributed by atoms with E-state index >= 15 is 0 Å². The molecule has 8 heteroatoms. The predicted octanol–water partition coefficient (Wildman–Crippen LogP) is 3.48. The molecule has 3 aromatic rings. The van der Waals surface area contributed by atoms with Gasteiger partial charge in [-0.25, -0.2) is 5.43 Å². The highest BCUT2D eigenvalue weighted by molar-refractivity contribution is 8.00. The molecule has 31 heavy (non-hydrogen) atoms. The molecule has 2 amide bonds. The molecule has 2 N–H and O–H groups in total. The van der Waals surface area contributed by atoms with Crippen LogP contribution in [0.5, 0.6) is 5.75 Å². The van der Waals surface area contributed by atoms with Gasteiger partial charge in [0.05, 0.1) is 23.4 Å². The van der Waals surface area contributed by atoms with E-state index in [1.807, 2.05) is 72.8 Å². The number of anilines is 1. The van der Waals surface area contributed by atoms with Crippen molar-refractivity contribution in [3.63, 3.8) is 0 Å². The number of aromatic nitrogens is 1. The molecule has 2 aromatic carbocycles. The van der Waals surface area contributed by atoms with Gasteiger partial charge in [0.1, 0.15) is 12.4 Å². The second kappa shape index (κ2) is 12.1. The van der Waals surface area contributed by atoms with Crippen molar-refractivity contribution < 1.29 is 14.3 Å². The lowest BCUT2D eigenvalue weighted by Crippen LogP contribution is -2.21. The SMILES string of the molecule is O=C(CSCC(=O)Nc1ccccc1)NN=Cc1ccc(OCc2ccccn2)cc1. The van der Waals surface area contributed by atoms with Crippen LogP contribution in [0.4, 0.5) is 5.69 Å². The van der Waals surface area contributed by atoms with E-state index in [1.54, 1.807) is 12.4 Å². The average Bonchev–Trinajstić information content (AvgIpc) is 2.80. The first-order valence-electron chi connectivity index (χ1n) is 9.56. The Balaban J connectivity index is 1.33. The molecule has 1 aromatic heterocycles. The molecule has 0 radical (unpaired) electrons. The molecule has 7 nitrogen and oxygen atoms in total. The summed E-state index contributed by atoms with van der Waals surface area (Å²) < 4.78 is 5.68. The van der Waals surface area contributed by atoms with Crippen LogP contribution in [0.25, 0.3) is 0 Å². The molecule has 0 aliphatic heterocycles. The number of amides is 2. The van der Waals surface area contributed by atoms with E-state index in [-0.39, 0.29) is 23.3 Å². The molecular weight excluding hydrogens is 412 g/mol. The van der Waals surface area contributed by atoms with Crippen LogP contribution in [0.3, 0.4) is 0 Å². The summed E-state index contributed by atoms with van der Waals surface area (Å²) in [6.07, 6.45) is 3.28. The Hall–Kier alpha value is -3.65.